The number of hydrogen-bond acceptors (Lipinski definition) is 5. The van der Waals surface area contributed by atoms with E-state index in [9.17, 15) is 18.0 Å². The number of alkyl halides is 3. The van der Waals surface area contributed by atoms with Crippen LogP contribution in [-0.2, 0) is 6.18 Å². The molecule has 0 saturated heterocycles. The highest BCUT2D eigenvalue weighted by atomic mass is 19.4. The minimum atomic E-state index is -4.57. The van der Waals surface area contributed by atoms with Crippen molar-refractivity contribution in [1.29, 1.82) is 0 Å². The number of hydrogen-bond donors (Lipinski definition) is 2. The second-order valence-electron chi connectivity index (χ2n) is 3.66. The predicted octanol–water partition coefficient (Wildman–Crippen LogP) is 1.94. The van der Waals surface area contributed by atoms with Crippen LogP contribution in [0.3, 0.4) is 0 Å². The van der Waals surface area contributed by atoms with Gasteiger partial charge in [0.05, 0.1) is 18.7 Å². The normalized spacial score (nSPS) is 11.2. The lowest BCUT2D eigenvalue weighted by molar-refractivity contribution is -0.137. The number of aromatic amines is 1. The summed E-state index contributed by atoms with van der Waals surface area (Å²) in [7, 11) is 1.29. The summed E-state index contributed by atoms with van der Waals surface area (Å²) in [5, 5.41) is 2.32. The average Bonchev–Trinajstić information content (AvgIpc) is 2.37. The van der Waals surface area contributed by atoms with Crippen molar-refractivity contribution in [3.05, 3.63) is 40.3 Å². The van der Waals surface area contributed by atoms with E-state index in [1.54, 1.807) is 0 Å². The zero-order valence-corrected chi connectivity index (χ0v) is 10.2. The molecule has 2 aromatic heterocycles. The van der Waals surface area contributed by atoms with Gasteiger partial charge in [-0.15, -0.1) is 0 Å². The molecular weight excluding hydrogens is 277 g/mol. The topological polar surface area (TPSA) is 79.9 Å². The fourth-order valence-electron chi connectivity index (χ4n) is 1.44. The molecule has 2 N–H and O–H groups in total. The fourth-order valence-corrected chi connectivity index (χ4v) is 1.44. The molecule has 9 heteroatoms. The molecular formula is C11H9F3N4O2. The summed E-state index contributed by atoms with van der Waals surface area (Å²) in [4.78, 5) is 20.9. The summed E-state index contributed by atoms with van der Waals surface area (Å²) in [5.41, 5.74) is -1.53. The predicted molar refractivity (Wildman–Crippen MR) is 63.9 cm³/mol. The standard InChI is InChI=1S/C11H9F3N4O2/c1-20-8-5-7(19)16-10(17-8)18-9-6(11(12,13)14)3-2-4-15-9/h2-5H,1H3,(H2,15,16,17,18,19). The molecule has 106 valence electrons. The third kappa shape index (κ3) is 3.05. The molecule has 0 atom stereocenters. The smallest absolute Gasteiger partial charge is 0.419 e. The molecule has 0 fully saturated rings. The van der Waals surface area contributed by atoms with Gasteiger partial charge in [-0.3, -0.25) is 9.78 Å². The number of halogens is 3. The molecule has 0 amide bonds. The number of methoxy groups -OCH3 is 1. The minimum absolute atomic E-state index is 0.0271. The highest BCUT2D eigenvalue weighted by molar-refractivity contribution is 5.54. The number of nitrogens with one attached hydrogen (secondary N) is 2. The Hall–Kier alpha value is -2.58. The number of rotatable bonds is 3. The van der Waals surface area contributed by atoms with Gasteiger partial charge in [-0.2, -0.15) is 18.2 Å². The largest absolute Gasteiger partial charge is 0.481 e. The average molecular weight is 286 g/mol. The van der Waals surface area contributed by atoms with Gasteiger partial charge in [0.15, 0.2) is 0 Å². The maximum atomic E-state index is 12.8. The summed E-state index contributed by atoms with van der Waals surface area (Å²) >= 11 is 0. The monoisotopic (exact) mass is 286 g/mol. The molecule has 0 saturated carbocycles. The lowest BCUT2D eigenvalue weighted by Gasteiger charge is -2.12. The van der Waals surface area contributed by atoms with Crippen LogP contribution in [0.4, 0.5) is 24.9 Å². The highest BCUT2D eigenvalue weighted by Gasteiger charge is 2.34. The van der Waals surface area contributed by atoms with Crippen LogP contribution in [0, 0.1) is 0 Å². The van der Waals surface area contributed by atoms with Gasteiger partial charge in [0.25, 0.3) is 5.56 Å². The van der Waals surface area contributed by atoms with E-state index < -0.39 is 23.1 Å². The fraction of sp³-hybridized carbons (Fsp3) is 0.182. The Morgan fingerprint density at radius 3 is 2.80 bits per heavy atom. The summed E-state index contributed by atoms with van der Waals surface area (Å²) < 4.78 is 43.1. The van der Waals surface area contributed by atoms with Crippen molar-refractivity contribution in [1.82, 2.24) is 15.0 Å². The number of aromatic nitrogens is 3. The molecule has 0 aliphatic rings. The Morgan fingerprint density at radius 1 is 1.40 bits per heavy atom. The summed E-state index contributed by atoms with van der Waals surface area (Å²) in [5.74, 6) is -0.685. The Labute approximate surface area is 110 Å². The van der Waals surface area contributed by atoms with Crippen LogP contribution >= 0.6 is 0 Å². The first-order chi connectivity index (χ1) is 9.40. The van der Waals surface area contributed by atoms with E-state index in [2.05, 4.69) is 20.3 Å². The molecule has 2 heterocycles. The third-order valence-electron chi connectivity index (χ3n) is 2.28. The van der Waals surface area contributed by atoms with E-state index >= 15 is 0 Å². The maximum Gasteiger partial charge on any atom is 0.419 e. The van der Waals surface area contributed by atoms with Crippen LogP contribution in [0.5, 0.6) is 5.88 Å². The second-order valence-corrected chi connectivity index (χ2v) is 3.66. The lowest BCUT2D eigenvalue weighted by Crippen LogP contribution is -2.14. The van der Waals surface area contributed by atoms with Gasteiger partial charge in [0, 0.05) is 6.20 Å². The highest BCUT2D eigenvalue weighted by Crippen LogP contribution is 2.34. The van der Waals surface area contributed by atoms with Crippen molar-refractivity contribution < 1.29 is 17.9 Å². The van der Waals surface area contributed by atoms with Crippen LogP contribution in [0.1, 0.15) is 5.56 Å². The van der Waals surface area contributed by atoms with Crippen LogP contribution < -0.4 is 15.6 Å². The third-order valence-corrected chi connectivity index (χ3v) is 2.28. The van der Waals surface area contributed by atoms with Gasteiger partial charge in [-0.05, 0) is 12.1 Å². The summed E-state index contributed by atoms with van der Waals surface area (Å²) in [6, 6.07) is 3.09. The van der Waals surface area contributed by atoms with Crippen molar-refractivity contribution in [2.24, 2.45) is 0 Å². The van der Waals surface area contributed by atoms with Gasteiger partial charge in [-0.25, -0.2) is 4.98 Å². The second kappa shape index (κ2) is 5.19. The van der Waals surface area contributed by atoms with Gasteiger partial charge in [0.2, 0.25) is 11.8 Å². The van der Waals surface area contributed by atoms with E-state index in [-0.39, 0.29) is 11.8 Å². The number of anilines is 2. The summed E-state index contributed by atoms with van der Waals surface area (Å²) in [6.45, 7) is 0. The van der Waals surface area contributed by atoms with E-state index in [0.717, 1.165) is 18.2 Å². The zero-order valence-electron chi connectivity index (χ0n) is 10.2. The summed E-state index contributed by atoms with van der Waals surface area (Å²) in [6.07, 6.45) is -3.38. The molecule has 6 nitrogen and oxygen atoms in total. The van der Waals surface area contributed by atoms with Crippen LogP contribution in [0.2, 0.25) is 0 Å². The number of ether oxygens (including phenoxy) is 1. The van der Waals surface area contributed by atoms with Gasteiger partial charge in [-0.1, -0.05) is 0 Å². The molecule has 0 radical (unpaired) electrons. The maximum absolute atomic E-state index is 12.8. The van der Waals surface area contributed by atoms with Crippen LogP contribution in [0.25, 0.3) is 0 Å². The van der Waals surface area contributed by atoms with Crippen molar-refractivity contribution in [3.63, 3.8) is 0 Å². The first-order valence-corrected chi connectivity index (χ1v) is 5.35. The Bertz CT molecular complexity index is 669. The van der Waals surface area contributed by atoms with Gasteiger partial charge in [0.1, 0.15) is 5.82 Å². The number of nitrogens with zero attached hydrogens (tertiary/aromatic N) is 2. The molecule has 0 aliphatic heterocycles. The van der Waals surface area contributed by atoms with E-state index in [1.165, 1.54) is 13.3 Å². The SMILES string of the molecule is COc1cc(=O)[nH]c(Nc2ncccc2C(F)(F)F)n1. The molecule has 0 aliphatic carbocycles. The first kappa shape index (κ1) is 13.8. The molecule has 0 aromatic carbocycles. The molecule has 0 spiro atoms. The van der Waals surface area contributed by atoms with E-state index in [1.807, 2.05) is 0 Å². The van der Waals surface area contributed by atoms with E-state index in [4.69, 9.17) is 4.74 Å². The minimum Gasteiger partial charge on any atom is -0.481 e. The Kier molecular flexibility index (Phi) is 3.59. The molecule has 0 unspecified atom stereocenters. The molecule has 0 bridgehead atoms. The van der Waals surface area contributed by atoms with Crippen LogP contribution in [-0.4, -0.2) is 22.1 Å². The number of pyridine rings is 1. The zero-order chi connectivity index (χ0) is 14.8. The Morgan fingerprint density at radius 2 is 2.15 bits per heavy atom. The van der Waals surface area contributed by atoms with Crippen molar-refractivity contribution >= 4 is 11.8 Å². The first-order valence-electron chi connectivity index (χ1n) is 5.35. The lowest BCUT2D eigenvalue weighted by atomic mass is 10.2. The van der Waals surface area contributed by atoms with Crippen molar-refractivity contribution in [2.75, 3.05) is 12.4 Å². The van der Waals surface area contributed by atoms with Crippen molar-refractivity contribution in [2.45, 2.75) is 6.18 Å². The number of H-pyrrole nitrogens is 1. The van der Waals surface area contributed by atoms with Crippen LogP contribution in [0.15, 0.2) is 29.2 Å². The van der Waals surface area contributed by atoms with Gasteiger partial charge < -0.3 is 10.1 Å². The van der Waals surface area contributed by atoms with Crippen molar-refractivity contribution in [3.8, 4) is 5.88 Å². The molecule has 2 aromatic rings. The molecule has 20 heavy (non-hydrogen) atoms. The van der Waals surface area contributed by atoms with Gasteiger partial charge >= 0.3 is 6.18 Å². The Balaban J connectivity index is 2.40. The molecule has 2 rings (SSSR count). The van der Waals surface area contributed by atoms with E-state index in [0.29, 0.717) is 0 Å². The quantitative estimate of drug-likeness (QED) is 0.901.